The van der Waals surface area contributed by atoms with Crippen molar-refractivity contribution in [3.63, 3.8) is 0 Å². The molecular weight excluding hydrogens is 244 g/mol. The summed E-state index contributed by atoms with van der Waals surface area (Å²) in [4.78, 5) is 15.5. The van der Waals surface area contributed by atoms with Crippen molar-refractivity contribution in [2.24, 2.45) is 7.05 Å². The van der Waals surface area contributed by atoms with E-state index in [1.807, 2.05) is 0 Å². The van der Waals surface area contributed by atoms with Gasteiger partial charge in [0, 0.05) is 19.3 Å². The highest BCUT2D eigenvalue weighted by molar-refractivity contribution is 6.03. The molecule has 2 rings (SSSR count). The second-order valence-electron chi connectivity index (χ2n) is 4.52. The number of pyridine rings is 1. The Morgan fingerprint density at radius 1 is 1.42 bits per heavy atom. The van der Waals surface area contributed by atoms with Gasteiger partial charge in [0.1, 0.15) is 5.56 Å². The minimum absolute atomic E-state index is 0.187. The Morgan fingerprint density at radius 3 is 2.68 bits per heavy atom. The van der Waals surface area contributed by atoms with Crippen LogP contribution in [0.5, 0.6) is 0 Å². The first-order valence-corrected chi connectivity index (χ1v) is 6.39. The Balaban J connectivity index is 2.58. The van der Waals surface area contributed by atoms with Crippen molar-refractivity contribution >= 4 is 22.7 Å². The third-order valence-electron chi connectivity index (χ3n) is 3.33. The summed E-state index contributed by atoms with van der Waals surface area (Å²) in [6.45, 7) is 4.15. The molecule has 2 aromatic rings. The van der Waals surface area contributed by atoms with E-state index in [2.05, 4.69) is 29.2 Å². The van der Waals surface area contributed by atoms with Gasteiger partial charge in [-0.25, -0.2) is 9.78 Å². The van der Waals surface area contributed by atoms with Gasteiger partial charge in [-0.1, -0.05) is 13.8 Å². The number of carboxylic acids is 1. The summed E-state index contributed by atoms with van der Waals surface area (Å²) < 4.78 is 1.64. The van der Waals surface area contributed by atoms with Crippen molar-refractivity contribution in [1.29, 1.82) is 0 Å². The molecule has 0 spiro atoms. The molecule has 0 aliphatic carbocycles. The van der Waals surface area contributed by atoms with E-state index in [4.69, 9.17) is 0 Å². The van der Waals surface area contributed by atoms with Crippen LogP contribution in [0.15, 0.2) is 12.4 Å². The SMILES string of the molecule is CCC(CC)Nc1c(C(=O)O)cnc2c1cnn2C. The van der Waals surface area contributed by atoms with Crippen LogP contribution in [-0.4, -0.2) is 31.9 Å². The summed E-state index contributed by atoms with van der Waals surface area (Å²) in [7, 11) is 1.79. The van der Waals surface area contributed by atoms with Crippen molar-refractivity contribution in [2.75, 3.05) is 5.32 Å². The van der Waals surface area contributed by atoms with E-state index in [0.29, 0.717) is 11.3 Å². The third-order valence-corrected chi connectivity index (χ3v) is 3.33. The normalized spacial score (nSPS) is 11.2. The molecule has 0 amide bonds. The van der Waals surface area contributed by atoms with Gasteiger partial charge in [0.2, 0.25) is 0 Å². The Bertz CT molecular complexity index is 602. The maximum absolute atomic E-state index is 11.3. The van der Waals surface area contributed by atoms with Gasteiger partial charge < -0.3 is 10.4 Å². The number of carboxylic acid groups (broad SMARTS) is 1. The first-order chi connectivity index (χ1) is 9.08. The smallest absolute Gasteiger partial charge is 0.339 e. The average molecular weight is 262 g/mol. The Hall–Kier alpha value is -2.11. The van der Waals surface area contributed by atoms with Crippen LogP contribution in [0.1, 0.15) is 37.0 Å². The number of nitrogens with zero attached hydrogens (tertiary/aromatic N) is 3. The fraction of sp³-hybridized carbons (Fsp3) is 0.462. The molecule has 0 atom stereocenters. The zero-order valence-electron chi connectivity index (χ0n) is 11.3. The molecule has 0 saturated heterocycles. The molecule has 0 aliphatic heterocycles. The number of fused-ring (bicyclic) bond motifs is 1. The summed E-state index contributed by atoms with van der Waals surface area (Å²) >= 11 is 0. The van der Waals surface area contributed by atoms with Gasteiger partial charge >= 0.3 is 5.97 Å². The Labute approximate surface area is 111 Å². The van der Waals surface area contributed by atoms with E-state index >= 15 is 0 Å². The molecular formula is C13H18N4O2. The number of hydrogen-bond acceptors (Lipinski definition) is 4. The highest BCUT2D eigenvalue weighted by Gasteiger charge is 2.18. The van der Waals surface area contributed by atoms with Crippen LogP contribution in [0, 0.1) is 0 Å². The lowest BCUT2D eigenvalue weighted by Gasteiger charge is -2.18. The molecule has 0 saturated carbocycles. The summed E-state index contributed by atoms with van der Waals surface area (Å²) in [6.07, 6.45) is 4.90. The predicted molar refractivity (Wildman–Crippen MR) is 73.5 cm³/mol. The van der Waals surface area contributed by atoms with Crippen LogP contribution in [0.2, 0.25) is 0 Å². The second kappa shape index (κ2) is 5.26. The number of anilines is 1. The molecule has 0 bridgehead atoms. The molecule has 0 aromatic carbocycles. The molecule has 2 aromatic heterocycles. The molecule has 2 N–H and O–H groups in total. The molecule has 0 fully saturated rings. The van der Waals surface area contributed by atoms with Crippen molar-refractivity contribution in [3.05, 3.63) is 18.0 Å². The van der Waals surface area contributed by atoms with E-state index in [0.717, 1.165) is 18.2 Å². The van der Waals surface area contributed by atoms with Gasteiger partial charge in [-0.3, -0.25) is 4.68 Å². The quantitative estimate of drug-likeness (QED) is 0.864. The number of rotatable bonds is 5. The summed E-state index contributed by atoms with van der Waals surface area (Å²) in [5.74, 6) is -0.980. The number of hydrogen-bond donors (Lipinski definition) is 2. The molecule has 0 radical (unpaired) electrons. The van der Waals surface area contributed by atoms with Gasteiger partial charge in [-0.2, -0.15) is 5.10 Å². The average Bonchev–Trinajstić information content (AvgIpc) is 2.77. The van der Waals surface area contributed by atoms with E-state index in [9.17, 15) is 9.90 Å². The van der Waals surface area contributed by atoms with E-state index in [-0.39, 0.29) is 11.6 Å². The predicted octanol–water partition coefficient (Wildman–Crippen LogP) is 2.27. The fourth-order valence-electron chi connectivity index (χ4n) is 2.11. The largest absolute Gasteiger partial charge is 0.478 e. The minimum atomic E-state index is -0.980. The van der Waals surface area contributed by atoms with Gasteiger partial charge in [-0.05, 0) is 12.8 Å². The monoisotopic (exact) mass is 262 g/mol. The maximum atomic E-state index is 11.3. The van der Waals surface area contributed by atoms with Gasteiger partial charge in [0.05, 0.1) is 17.3 Å². The summed E-state index contributed by atoms with van der Waals surface area (Å²) in [5, 5.41) is 17.5. The number of nitrogens with one attached hydrogen (secondary N) is 1. The highest BCUT2D eigenvalue weighted by atomic mass is 16.4. The van der Waals surface area contributed by atoms with E-state index in [1.165, 1.54) is 6.20 Å². The molecule has 6 nitrogen and oxygen atoms in total. The second-order valence-corrected chi connectivity index (χ2v) is 4.52. The fourth-order valence-corrected chi connectivity index (χ4v) is 2.11. The lowest BCUT2D eigenvalue weighted by molar-refractivity contribution is 0.0697. The van der Waals surface area contributed by atoms with Crippen LogP contribution in [0.3, 0.4) is 0 Å². The van der Waals surface area contributed by atoms with Crippen LogP contribution in [0.4, 0.5) is 5.69 Å². The molecule has 6 heteroatoms. The zero-order chi connectivity index (χ0) is 14.0. The summed E-state index contributed by atoms with van der Waals surface area (Å²) in [6, 6.07) is 0.240. The van der Waals surface area contributed by atoms with Gasteiger partial charge in [0.15, 0.2) is 5.65 Å². The first-order valence-electron chi connectivity index (χ1n) is 6.39. The van der Waals surface area contributed by atoms with Crippen molar-refractivity contribution in [2.45, 2.75) is 32.7 Å². The lowest BCUT2D eigenvalue weighted by Crippen LogP contribution is -2.19. The van der Waals surface area contributed by atoms with E-state index < -0.39 is 5.97 Å². The highest BCUT2D eigenvalue weighted by Crippen LogP contribution is 2.27. The standard InChI is InChI=1S/C13H18N4O2/c1-4-8(5-2)16-11-9-7-15-17(3)12(9)14-6-10(11)13(18)19/h6-8H,4-5H2,1-3H3,(H,14,16)(H,18,19). The van der Waals surface area contributed by atoms with Crippen LogP contribution >= 0.6 is 0 Å². The van der Waals surface area contributed by atoms with Crippen LogP contribution in [0.25, 0.3) is 11.0 Å². The molecule has 19 heavy (non-hydrogen) atoms. The topological polar surface area (TPSA) is 80.0 Å². The Morgan fingerprint density at radius 2 is 2.11 bits per heavy atom. The maximum Gasteiger partial charge on any atom is 0.339 e. The molecule has 2 heterocycles. The van der Waals surface area contributed by atoms with Crippen LogP contribution in [-0.2, 0) is 7.05 Å². The van der Waals surface area contributed by atoms with Crippen LogP contribution < -0.4 is 5.32 Å². The van der Waals surface area contributed by atoms with E-state index in [1.54, 1.807) is 17.9 Å². The molecule has 102 valence electrons. The molecule has 0 aliphatic rings. The number of aromatic nitrogens is 3. The minimum Gasteiger partial charge on any atom is -0.478 e. The van der Waals surface area contributed by atoms with Gasteiger partial charge in [-0.15, -0.1) is 0 Å². The van der Waals surface area contributed by atoms with Crippen molar-refractivity contribution in [3.8, 4) is 0 Å². The first kappa shape index (κ1) is 13.3. The van der Waals surface area contributed by atoms with Crippen molar-refractivity contribution < 1.29 is 9.90 Å². The third kappa shape index (κ3) is 2.38. The summed E-state index contributed by atoms with van der Waals surface area (Å²) in [5.41, 5.74) is 1.48. The zero-order valence-corrected chi connectivity index (χ0v) is 11.3. The number of aromatic carboxylic acids is 1. The molecule has 0 unspecified atom stereocenters. The number of aryl methyl sites for hydroxylation is 1. The van der Waals surface area contributed by atoms with Crippen molar-refractivity contribution in [1.82, 2.24) is 14.8 Å². The Kier molecular flexibility index (Phi) is 3.69. The number of carbonyl (C=O) groups is 1. The van der Waals surface area contributed by atoms with Gasteiger partial charge in [0.25, 0.3) is 0 Å². The lowest BCUT2D eigenvalue weighted by atomic mass is 10.1.